The SMILES string of the molecule is CO[C@@H](C)c1noc(CN2CCC[C@@H]2c2cccs2)n1. The molecule has 0 bridgehead atoms. The molecule has 0 aliphatic carbocycles. The van der Waals surface area contributed by atoms with E-state index in [0.717, 1.165) is 6.54 Å². The van der Waals surface area contributed by atoms with E-state index in [4.69, 9.17) is 9.26 Å². The minimum atomic E-state index is -0.126. The van der Waals surface area contributed by atoms with Crippen molar-refractivity contribution in [3.05, 3.63) is 34.1 Å². The summed E-state index contributed by atoms with van der Waals surface area (Å²) in [5.41, 5.74) is 0. The molecule has 20 heavy (non-hydrogen) atoms. The van der Waals surface area contributed by atoms with E-state index >= 15 is 0 Å². The van der Waals surface area contributed by atoms with Crippen molar-refractivity contribution in [3.63, 3.8) is 0 Å². The third kappa shape index (κ3) is 2.77. The van der Waals surface area contributed by atoms with Crippen molar-refractivity contribution >= 4 is 11.3 Å². The summed E-state index contributed by atoms with van der Waals surface area (Å²) in [5, 5.41) is 6.12. The number of aromatic nitrogens is 2. The fraction of sp³-hybridized carbons (Fsp3) is 0.571. The maximum atomic E-state index is 5.34. The molecule has 0 radical (unpaired) electrons. The Balaban J connectivity index is 1.69. The fourth-order valence-electron chi connectivity index (χ4n) is 2.59. The van der Waals surface area contributed by atoms with Gasteiger partial charge in [0, 0.05) is 18.0 Å². The summed E-state index contributed by atoms with van der Waals surface area (Å²) >= 11 is 1.82. The first kappa shape index (κ1) is 13.7. The van der Waals surface area contributed by atoms with Crippen LogP contribution >= 0.6 is 11.3 Å². The van der Waals surface area contributed by atoms with Crippen LogP contribution in [0.15, 0.2) is 22.0 Å². The lowest BCUT2D eigenvalue weighted by atomic mass is 10.2. The summed E-state index contributed by atoms with van der Waals surface area (Å²) in [6.45, 7) is 3.71. The van der Waals surface area contributed by atoms with Gasteiger partial charge in [-0.25, -0.2) is 0 Å². The van der Waals surface area contributed by atoms with E-state index in [2.05, 4.69) is 32.6 Å². The van der Waals surface area contributed by atoms with Crippen LogP contribution in [-0.2, 0) is 11.3 Å². The molecule has 0 spiro atoms. The van der Waals surface area contributed by atoms with Gasteiger partial charge in [-0.2, -0.15) is 4.98 Å². The first-order valence-electron chi connectivity index (χ1n) is 6.90. The molecule has 6 heteroatoms. The van der Waals surface area contributed by atoms with E-state index in [-0.39, 0.29) is 6.10 Å². The highest BCUT2D eigenvalue weighted by Crippen LogP contribution is 2.35. The predicted molar refractivity (Wildman–Crippen MR) is 76.4 cm³/mol. The van der Waals surface area contributed by atoms with Gasteiger partial charge in [0.15, 0.2) is 5.82 Å². The number of ether oxygens (including phenoxy) is 1. The Labute approximate surface area is 122 Å². The summed E-state index contributed by atoms with van der Waals surface area (Å²) in [5.74, 6) is 1.29. The summed E-state index contributed by atoms with van der Waals surface area (Å²) in [6.07, 6.45) is 2.30. The maximum Gasteiger partial charge on any atom is 0.240 e. The molecule has 108 valence electrons. The smallest absolute Gasteiger partial charge is 0.240 e. The van der Waals surface area contributed by atoms with Gasteiger partial charge in [-0.1, -0.05) is 11.2 Å². The molecular weight excluding hydrogens is 274 g/mol. The van der Waals surface area contributed by atoms with E-state index in [0.29, 0.717) is 24.3 Å². The zero-order valence-electron chi connectivity index (χ0n) is 11.8. The van der Waals surface area contributed by atoms with Gasteiger partial charge in [0.1, 0.15) is 6.10 Å². The van der Waals surface area contributed by atoms with Crippen LogP contribution in [0, 0.1) is 0 Å². The largest absolute Gasteiger partial charge is 0.374 e. The number of nitrogens with zero attached hydrogens (tertiary/aromatic N) is 3. The Hall–Kier alpha value is -1.24. The highest BCUT2D eigenvalue weighted by molar-refractivity contribution is 7.10. The van der Waals surface area contributed by atoms with Crippen molar-refractivity contribution in [1.29, 1.82) is 0 Å². The lowest BCUT2D eigenvalue weighted by Crippen LogP contribution is -2.22. The molecule has 2 atom stereocenters. The highest BCUT2D eigenvalue weighted by Gasteiger charge is 2.28. The minimum Gasteiger partial charge on any atom is -0.374 e. The Bertz CT molecular complexity index is 540. The average molecular weight is 293 g/mol. The molecule has 0 N–H and O–H groups in total. The quantitative estimate of drug-likeness (QED) is 0.847. The summed E-state index contributed by atoms with van der Waals surface area (Å²) < 4.78 is 10.5. The monoisotopic (exact) mass is 293 g/mol. The molecule has 0 saturated carbocycles. The fourth-order valence-corrected chi connectivity index (χ4v) is 3.49. The van der Waals surface area contributed by atoms with Gasteiger partial charge in [0.05, 0.1) is 6.54 Å². The lowest BCUT2D eigenvalue weighted by Gasteiger charge is -2.21. The van der Waals surface area contributed by atoms with Crippen molar-refractivity contribution in [3.8, 4) is 0 Å². The van der Waals surface area contributed by atoms with E-state index < -0.39 is 0 Å². The Kier molecular flexibility index (Phi) is 4.14. The van der Waals surface area contributed by atoms with Crippen LogP contribution in [0.1, 0.15) is 48.5 Å². The van der Waals surface area contributed by atoms with Crippen LogP contribution < -0.4 is 0 Å². The van der Waals surface area contributed by atoms with Gasteiger partial charge in [0.25, 0.3) is 0 Å². The van der Waals surface area contributed by atoms with Gasteiger partial charge in [-0.05, 0) is 37.8 Å². The number of hydrogen-bond donors (Lipinski definition) is 0. The predicted octanol–water partition coefficient (Wildman–Crippen LogP) is 3.18. The maximum absolute atomic E-state index is 5.34. The summed E-state index contributed by atoms with van der Waals surface area (Å²) in [4.78, 5) is 8.26. The van der Waals surface area contributed by atoms with Gasteiger partial charge >= 0.3 is 0 Å². The number of rotatable bonds is 5. The summed E-state index contributed by atoms with van der Waals surface area (Å²) in [6, 6.07) is 4.81. The first-order valence-corrected chi connectivity index (χ1v) is 7.78. The molecule has 2 aromatic rings. The number of hydrogen-bond acceptors (Lipinski definition) is 6. The normalized spacial score (nSPS) is 21.4. The van der Waals surface area contributed by atoms with E-state index in [1.54, 1.807) is 7.11 Å². The van der Waals surface area contributed by atoms with Crippen molar-refractivity contribution in [2.45, 2.75) is 38.5 Å². The molecule has 3 rings (SSSR count). The third-order valence-corrected chi connectivity index (χ3v) is 4.75. The molecule has 0 amide bonds. The number of thiophene rings is 1. The average Bonchev–Trinajstić information content (AvgIpc) is 3.18. The third-order valence-electron chi connectivity index (χ3n) is 3.77. The van der Waals surface area contributed by atoms with E-state index in [1.807, 2.05) is 18.3 Å². The van der Waals surface area contributed by atoms with Crippen molar-refractivity contribution in [1.82, 2.24) is 15.0 Å². The molecule has 0 unspecified atom stereocenters. The molecule has 0 aromatic carbocycles. The van der Waals surface area contributed by atoms with Gasteiger partial charge in [-0.3, -0.25) is 4.90 Å². The number of likely N-dealkylation sites (tertiary alicyclic amines) is 1. The van der Waals surface area contributed by atoms with Crippen molar-refractivity contribution < 1.29 is 9.26 Å². The molecule has 1 aliphatic heterocycles. The van der Waals surface area contributed by atoms with Gasteiger partial charge in [-0.15, -0.1) is 11.3 Å². The van der Waals surface area contributed by atoms with E-state index in [9.17, 15) is 0 Å². The number of methoxy groups -OCH3 is 1. The Morgan fingerprint density at radius 1 is 1.60 bits per heavy atom. The zero-order valence-corrected chi connectivity index (χ0v) is 12.6. The molecule has 1 fully saturated rings. The van der Waals surface area contributed by atoms with Crippen molar-refractivity contribution in [2.24, 2.45) is 0 Å². The van der Waals surface area contributed by atoms with Crippen LogP contribution in [0.3, 0.4) is 0 Å². The lowest BCUT2D eigenvalue weighted by molar-refractivity contribution is 0.109. The van der Waals surface area contributed by atoms with Crippen LogP contribution in [0.2, 0.25) is 0 Å². The van der Waals surface area contributed by atoms with Gasteiger partial charge in [0.2, 0.25) is 5.89 Å². The Morgan fingerprint density at radius 2 is 2.50 bits per heavy atom. The summed E-state index contributed by atoms with van der Waals surface area (Å²) in [7, 11) is 1.65. The van der Waals surface area contributed by atoms with Crippen LogP contribution in [0.4, 0.5) is 0 Å². The van der Waals surface area contributed by atoms with Crippen LogP contribution in [0.25, 0.3) is 0 Å². The molecule has 1 saturated heterocycles. The van der Waals surface area contributed by atoms with Gasteiger partial charge < -0.3 is 9.26 Å². The molecule has 5 nitrogen and oxygen atoms in total. The second-order valence-corrected chi connectivity index (χ2v) is 6.05. The molecule has 3 heterocycles. The topological polar surface area (TPSA) is 51.4 Å². The zero-order chi connectivity index (χ0) is 13.9. The second-order valence-electron chi connectivity index (χ2n) is 5.07. The molecule has 1 aliphatic rings. The molecular formula is C14H19N3O2S. The van der Waals surface area contributed by atoms with Crippen molar-refractivity contribution in [2.75, 3.05) is 13.7 Å². The van der Waals surface area contributed by atoms with Crippen LogP contribution in [0.5, 0.6) is 0 Å². The van der Waals surface area contributed by atoms with E-state index in [1.165, 1.54) is 17.7 Å². The standard InChI is InChI=1S/C14H19N3O2S/c1-10(18-2)14-15-13(19-16-14)9-17-7-3-5-11(17)12-6-4-8-20-12/h4,6,8,10-11H,3,5,7,9H2,1-2H3/t10-,11+/m0/s1. The molecule has 2 aromatic heterocycles. The minimum absolute atomic E-state index is 0.126. The Morgan fingerprint density at radius 3 is 3.25 bits per heavy atom. The van der Waals surface area contributed by atoms with Crippen LogP contribution in [-0.4, -0.2) is 28.7 Å². The highest BCUT2D eigenvalue weighted by atomic mass is 32.1. The first-order chi connectivity index (χ1) is 9.78. The second kappa shape index (κ2) is 6.03.